The van der Waals surface area contributed by atoms with Crippen molar-refractivity contribution in [3.05, 3.63) is 48.2 Å². The zero-order chi connectivity index (χ0) is 23.2. The molecule has 176 valence electrons. The van der Waals surface area contributed by atoms with E-state index in [4.69, 9.17) is 0 Å². The van der Waals surface area contributed by atoms with Gasteiger partial charge in [-0.15, -0.1) is 5.10 Å². The standard InChI is InChI=1S/C26H35N5O2/c1-3-21(4-2)25(32)30-14-11-20(12-15-30)16-19-7-9-23(10-8-19)31(24-6-5-13-28-29-24)26(33)22-17-27-18-22/h5-10,13,20-22,27H,3-4,11-12,14-18H2,1-2H3. The summed E-state index contributed by atoms with van der Waals surface area (Å²) in [5, 5.41) is 11.3. The van der Waals surface area contributed by atoms with Gasteiger partial charge < -0.3 is 10.2 Å². The second-order valence-corrected chi connectivity index (χ2v) is 9.26. The fourth-order valence-electron chi connectivity index (χ4n) is 4.80. The molecule has 0 aliphatic carbocycles. The Balaban J connectivity index is 1.38. The van der Waals surface area contributed by atoms with Crippen molar-refractivity contribution in [2.75, 3.05) is 31.1 Å². The average Bonchev–Trinajstić information content (AvgIpc) is 2.81. The average molecular weight is 450 g/mol. The van der Waals surface area contributed by atoms with Crippen LogP contribution in [0.3, 0.4) is 0 Å². The van der Waals surface area contributed by atoms with Gasteiger partial charge in [-0.3, -0.25) is 14.5 Å². The van der Waals surface area contributed by atoms with Crippen molar-refractivity contribution in [2.45, 2.75) is 46.0 Å². The number of aromatic nitrogens is 2. The lowest BCUT2D eigenvalue weighted by atomic mass is 9.89. The van der Waals surface area contributed by atoms with E-state index in [-0.39, 0.29) is 17.7 Å². The lowest BCUT2D eigenvalue weighted by molar-refractivity contribution is -0.137. The summed E-state index contributed by atoms with van der Waals surface area (Å²) in [6.07, 6.45) is 6.56. The molecule has 2 aliphatic rings. The Hall–Kier alpha value is -2.80. The molecule has 2 aliphatic heterocycles. The largest absolute Gasteiger partial charge is 0.342 e. The van der Waals surface area contributed by atoms with Gasteiger partial charge in [0.1, 0.15) is 0 Å². The number of hydrogen-bond donors (Lipinski definition) is 1. The number of benzene rings is 1. The zero-order valence-corrected chi connectivity index (χ0v) is 19.7. The summed E-state index contributed by atoms with van der Waals surface area (Å²) >= 11 is 0. The number of likely N-dealkylation sites (tertiary alicyclic amines) is 1. The molecule has 2 amide bonds. The minimum atomic E-state index is -0.0282. The highest BCUT2D eigenvalue weighted by Crippen LogP contribution is 2.29. The van der Waals surface area contributed by atoms with Crippen molar-refractivity contribution in [3.8, 4) is 0 Å². The van der Waals surface area contributed by atoms with Gasteiger partial charge >= 0.3 is 0 Å². The molecule has 0 bridgehead atoms. The Labute approximate surface area is 196 Å². The molecule has 2 aromatic rings. The summed E-state index contributed by atoms with van der Waals surface area (Å²) in [6.45, 7) is 7.33. The van der Waals surface area contributed by atoms with E-state index in [1.807, 2.05) is 18.2 Å². The van der Waals surface area contributed by atoms with Crippen molar-refractivity contribution in [1.82, 2.24) is 20.4 Å². The highest BCUT2D eigenvalue weighted by molar-refractivity contribution is 6.01. The first-order valence-corrected chi connectivity index (χ1v) is 12.3. The van der Waals surface area contributed by atoms with Gasteiger partial charge in [-0.25, -0.2) is 0 Å². The number of anilines is 2. The van der Waals surface area contributed by atoms with Crippen LogP contribution in [0.1, 0.15) is 45.1 Å². The second kappa shape index (κ2) is 10.9. The van der Waals surface area contributed by atoms with Crippen molar-refractivity contribution >= 4 is 23.3 Å². The monoisotopic (exact) mass is 449 g/mol. The lowest BCUT2D eigenvalue weighted by Gasteiger charge is -2.34. The van der Waals surface area contributed by atoms with E-state index < -0.39 is 0 Å². The first-order valence-electron chi connectivity index (χ1n) is 12.3. The summed E-state index contributed by atoms with van der Waals surface area (Å²) < 4.78 is 0. The molecule has 7 nitrogen and oxygen atoms in total. The molecule has 1 aromatic heterocycles. The van der Waals surface area contributed by atoms with Crippen LogP contribution < -0.4 is 10.2 Å². The van der Waals surface area contributed by atoms with E-state index >= 15 is 0 Å². The zero-order valence-electron chi connectivity index (χ0n) is 19.7. The van der Waals surface area contributed by atoms with Crippen LogP contribution in [0.15, 0.2) is 42.6 Å². The smallest absolute Gasteiger partial charge is 0.238 e. The Morgan fingerprint density at radius 2 is 1.79 bits per heavy atom. The summed E-state index contributed by atoms with van der Waals surface area (Å²) in [5.74, 6) is 1.66. The molecule has 0 unspecified atom stereocenters. The normalized spacial score (nSPS) is 17.1. The Morgan fingerprint density at radius 1 is 1.09 bits per heavy atom. The van der Waals surface area contributed by atoms with E-state index in [1.165, 1.54) is 5.56 Å². The van der Waals surface area contributed by atoms with Crippen LogP contribution in [0.5, 0.6) is 0 Å². The number of hydrogen-bond acceptors (Lipinski definition) is 5. The van der Waals surface area contributed by atoms with Crippen LogP contribution in [0.2, 0.25) is 0 Å². The van der Waals surface area contributed by atoms with Gasteiger partial charge in [0.2, 0.25) is 11.8 Å². The molecule has 0 spiro atoms. The van der Waals surface area contributed by atoms with E-state index in [1.54, 1.807) is 17.2 Å². The SMILES string of the molecule is CCC(CC)C(=O)N1CCC(Cc2ccc(N(C(=O)C3CNC3)c3cccnn3)cc2)CC1. The Bertz CT molecular complexity index is 917. The Kier molecular flexibility index (Phi) is 7.70. The summed E-state index contributed by atoms with van der Waals surface area (Å²) in [7, 11) is 0. The number of piperidine rings is 1. The quantitative estimate of drug-likeness (QED) is 0.667. The highest BCUT2D eigenvalue weighted by Gasteiger charge is 2.32. The van der Waals surface area contributed by atoms with E-state index in [0.29, 0.717) is 30.7 Å². The van der Waals surface area contributed by atoms with Crippen LogP contribution in [0.4, 0.5) is 11.5 Å². The first kappa shape index (κ1) is 23.4. The molecule has 7 heteroatoms. The summed E-state index contributed by atoms with van der Waals surface area (Å²) in [6, 6.07) is 11.9. The molecule has 0 saturated carbocycles. The van der Waals surface area contributed by atoms with Gasteiger partial charge in [-0.2, -0.15) is 5.10 Å². The molecule has 4 rings (SSSR count). The molecule has 1 N–H and O–H groups in total. The molecule has 0 radical (unpaired) electrons. The van der Waals surface area contributed by atoms with E-state index in [2.05, 4.69) is 46.4 Å². The Morgan fingerprint density at radius 3 is 2.33 bits per heavy atom. The maximum absolute atomic E-state index is 13.1. The maximum atomic E-state index is 13.1. The number of carbonyl (C=O) groups is 2. The van der Waals surface area contributed by atoms with Gasteiger partial charge in [0, 0.05) is 38.3 Å². The number of rotatable bonds is 8. The van der Waals surface area contributed by atoms with E-state index in [9.17, 15) is 9.59 Å². The molecule has 33 heavy (non-hydrogen) atoms. The van der Waals surface area contributed by atoms with Crippen LogP contribution in [-0.2, 0) is 16.0 Å². The molecule has 0 atom stereocenters. The summed E-state index contributed by atoms with van der Waals surface area (Å²) in [5.41, 5.74) is 2.09. The van der Waals surface area contributed by atoms with Gasteiger partial charge in [0.05, 0.1) is 11.6 Å². The third kappa shape index (κ3) is 5.41. The van der Waals surface area contributed by atoms with Crippen molar-refractivity contribution in [2.24, 2.45) is 17.8 Å². The van der Waals surface area contributed by atoms with Crippen molar-refractivity contribution in [1.29, 1.82) is 0 Å². The van der Waals surface area contributed by atoms with Crippen molar-refractivity contribution in [3.63, 3.8) is 0 Å². The van der Waals surface area contributed by atoms with Crippen LogP contribution in [0, 0.1) is 17.8 Å². The number of carbonyl (C=O) groups excluding carboxylic acids is 2. The predicted molar refractivity (Wildman–Crippen MR) is 129 cm³/mol. The predicted octanol–water partition coefficient (Wildman–Crippen LogP) is 3.58. The highest BCUT2D eigenvalue weighted by atomic mass is 16.2. The maximum Gasteiger partial charge on any atom is 0.238 e. The fourth-order valence-corrected chi connectivity index (χ4v) is 4.80. The third-order valence-electron chi connectivity index (χ3n) is 7.12. The second-order valence-electron chi connectivity index (χ2n) is 9.26. The van der Waals surface area contributed by atoms with Crippen LogP contribution >= 0.6 is 0 Å². The van der Waals surface area contributed by atoms with E-state index in [0.717, 1.165) is 50.9 Å². The number of amides is 2. The van der Waals surface area contributed by atoms with Crippen molar-refractivity contribution < 1.29 is 9.59 Å². The fraction of sp³-hybridized carbons (Fsp3) is 0.538. The molecular formula is C26H35N5O2. The van der Waals surface area contributed by atoms with Gasteiger partial charge in [0.25, 0.3) is 0 Å². The molecule has 2 fully saturated rings. The molecular weight excluding hydrogens is 414 g/mol. The number of nitrogens with zero attached hydrogens (tertiary/aromatic N) is 4. The van der Waals surface area contributed by atoms with Crippen LogP contribution in [-0.4, -0.2) is 53.1 Å². The molecule has 2 saturated heterocycles. The topological polar surface area (TPSA) is 78.4 Å². The van der Waals surface area contributed by atoms with Crippen LogP contribution in [0.25, 0.3) is 0 Å². The minimum absolute atomic E-state index is 0.0282. The minimum Gasteiger partial charge on any atom is -0.342 e. The number of nitrogens with one attached hydrogen (secondary N) is 1. The first-order chi connectivity index (χ1) is 16.1. The van der Waals surface area contributed by atoms with Gasteiger partial charge in [-0.05, 0) is 67.9 Å². The van der Waals surface area contributed by atoms with Gasteiger partial charge in [-0.1, -0.05) is 26.0 Å². The molecule has 1 aromatic carbocycles. The van der Waals surface area contributed by atoms with Gasteiger partial charge in [0.15, 0.2) is 5.82 Å². The molecule has 3 heterocycles. The summed E-state index contributed by atoms with van der Waals surface area (Å²) in [4.78, 5) is 29.5. The lowest BCUT2D eigenvalue weighted by Crippen LogP contribution is -2.51. The third-order valence-corrected chi connectivity index (χ3v) is 7.12.